The molecule has 0 aliphatic heterocycles. The Morgan fingerprint density at radius 2 is 1.63 bits per heavy atom. The zero-order chi connectivity index (χ0) is 19.0. The zero-order valence-electron chi connectivity index (χ0n) is 14.1. The second-order valence-electron chi connectivity index (χ2n) is 5.96. The lowest BCUT2D eigenvalue weighted by atomic mass is 10.1. The third-order valence-corrected chi connectivity index (χ3v) is 5.26. The zero-order valence-corrected chi connectivity index (χ0v) is 14.9. The van der Waals surface area contributed by atoms with Crippen LogP contribution in [-0.2, 0) is 6.18 Å². The van der Waals surface area contributed by atoms with Crippen LogP contribution in [0.1, 0.15) is 10.4 Å². The number of aromatic nitrogens is 2. The summed E-state index contributed by atoms with van der Waals surface area (Å²) in [5.74, 6) is 0.428. The summed E-state index contributed by atoms with van der Waals surface area (Å²) in [4.78, 5) is 3.91. The number of hydrogen-bond acceptors (Lipinski definition) is 4. The lowest BCUT2D eigenvalue weighted by Gasteiger charge is -2.07. The van der Waals surface area contributed by atoms with Gasteiger partial charge in [0.05, 0.1) is 4.88 Å². The maximum Gasteiger partial charge on any atom is 0.426 e. The average molecular weight is 386 g/mol. The number of rotatable bonds is 3. The van der Waals surface area contributed by atoms with Gasteiger partial charge < -0.3 is 4.52 Å². The number of aryl methyl sites for hydroxylation is 1. The summed E-state index contributed by atoms with van der Waals surface area (Å²) in [6, 6.07) is 17.4. The smallest absolute Gasteiger partial charge is 0.333 e. The second-order valence-corrected chi connectivity index (χ2v) is 7.01. The molecule has 2 heterocycles. The van der Waals surface area contributed by atoms with Crippen LogP contribution in [0, 0.1) is 6.92 Å². The van der Waals surface area contributed by atoms with Crippen molar-refractivity contribution in [2.24, 2.45) is 0 Å². The molecule has 2 aromatic carbocycles. The van der Waals surface area contributed by atoms with Gasteiger partial charge in [0, 0.05) is 11.1 Å². The van der Waals surface area contributed by atoms with E-state index in [0.717, 1.165) is 11.1 Å². The van der Waals surface area contributed by atoms with E-state index in [-0.39, 0.29) is 16.3 Å². The van der Waals surface area contributed by atoms with Crippen molar-refractivity contribution >= 4 is 11.3 Å². The highest BCUT2D eigenvalue weighted by Gasteiger charge is 2.37. The van der Waals surface area contributed by atoms with E-state index in [0.29, 0.717) is 22.7 Å². The minimum atomic E-state index is -4.47. The molecule has 0 N–H and O–H groups in total. The van der Waals surface area contributed by atoms with Gasteiger partial charge >= 0.3 is 6.18 Å². The number of hydrogen-bond donors (Lipinski definition) is 0. The Morgan fingerprint density at radius 1 is 0.926 bits per heavy atom. The fraction of sp³-hybridized carbons (Fsp3) is 0.100. The van der Waals surface area contributed by atoms with Gasteiger partial charge in [0.2, 0.25) is 5.82 Å². The van der Waals surface area contributed by atoms with E-state index in [4.69, 9.17) is 4.52 Å². The lowest BCUT2D eigenvalue weighted by Crippen LogP contribution is -2.03. The Bertz CT molecular complexity index is 1080. The summed E-state index contributed by atoms with van der Waals surface area (Å²) in [6.45, 7) is 1.91. The summed E-state index contributed by atoms with van der Waals surface area (Å²) in [7, 11) is 0. The third kappa shape index (κ3) is 3.38. The van der Waals surface area contributed by atoms with Crippen LogP contribution in [0.25, 0.3) is 33.3 Å². The standard InChI is InChI=1S/C20H13F3N2OS/c1-12-7-5-6-10-14(12)18-24-19(26-25-18)16-11-15(13-8-3-2-4-9-13)17(27-16)20(21,22)23/h2-11H,1H3. The highest BCUT2D eigenvalue weighted by atomic mass is 32.1. The Balaban J connectivity index is 1.80. The molecule has 7 heteroatoms. The van der Waals surface area contributed by atoms with Crippen molar-refractivity contribution in [3.8, 4) is 33.3 Å². The van der Waals surface area contributed by atoms with Crippen molar-refractivity contribution in [2.45, 2.75) is 13.1 Å². The molecule has 3 nitrogen and oxygen atoms in total. The minimum absolute atomic E-state index is 0.0749. The first-order chi connectivity index (χ1) is 12.9. The van der Waals surface area contributed by atoms with Crippen LogP contribution in [0.15, 0.2) is 65.2 Å². The largest absolute Gasteiger partial charge is 0.426 e. The predicted molar refractivity (Wildman–Crippen MR) is 98.2 cm³/mol. The van der Waals surface area contributed by atoms with E-state index >= 15 is 0 Å². The lowest BCUT2D eigenvalue weighted by molar-refractivity contribution is -0.133. The number of benzene rings is 2. The average Bonchev–Trinajstić information content (AvgIpc) is 3.30. The molecule has 0 saturated carbocycles. The Labute approximate surface area is 157 Å². The van der Waals surface area contributed by atoms with Gasteiger partial charge in [-0.2, -0.15) is 18.2 Å². The van der Waals surface area contributed by atoms with E-state index < -0.39 is 11.1 Å². The number of nitrogens with zero attached hydrogens (tertiary/aromatic N) is 2. The molecule has 0 atom stereocenters. The highest BCUT2D eigenvalue weighted by Crippen LogP contribution is 2.45. The maximum absolute atomic E-state index is 13.5. The quantitative estimate of drug-likeness (QED) is 0.406. The summed E-state index contributed by atoms with van der Waals surface area (Å²) in [5.41, 5.74) is 2.34. The fourth-order valence-electron chi connectivity index (χ4n) is 2.80. The van der Waals surface area contributed by atoms with E-state index in [1.165, 1.54) is 6.07 Å². The first-order valence-electron chi connectivity index (χ1n) is 8.10. The van der Waals surface area contributed by atoms with Crippen LogP contribution in [0.4, 0.5) is 13.2 Å². The van der Waals surface area contributed by atoms with Gasteiger partial charge in [0.25, 0.3) is 5.89 Å². The van der Waals surface area contributed by atoms with Gasteiger partial charge in [-0.25, -0.2) is 0 Å². The number of alkyl halides is 3. The normalized spacial score (nSPS) is 11.7. The second kappa shape index (κ2) is 6.66. The molecule has 0 aliphatic rings. The Kier molecular flexibility index (Phi) is 4.31. The van der Waals surface area contributed by atoms with Crippen molar-refractivity contribution in [3.05, 3.63) is 71.1 Å². The minimum Gasteiger partial charge on any atom is -0.333 e. The van der Waals surface area contributed by atoms with Gasteiger partial charge in [-0.1, -0.05) is 59.8 Å². The van der Waals surface area contributed by atoms with Crippen LogP contribution in [0.3, 0.4) is 0 Å². The molecule has 2 aromatic heterocycles. The van der Waals surface area contributed by atoms with Crippen LogP contribution in [-0.4, -0.2) is 10.1 Å². The van der Waals surface area contributed by atoms with Crippen LogP contribution >= 0.6 is 11.3 Å². The molecular weight excluding hydrogens is 373 g/mol. The van der Waals surface area contributed by atoms with Crippen molar-refractivity contribution < 1.29 is 17.7 Å². The summed E-state index contributed by atoms with van der Waals surface area (Å²) >= 11 is 0.606. The van der Waals surface area contributed by atoms with E-state index in [1.54, 1.807) is 30.3 Å². The van der Waals surface area contributed by atoms with E-state index in [1.807, 2.05) is 31.2 Å². The monoisotopic (exact) mass is 386 g/mol. The molecular formula is C20H13F3N2OS. The van der Waals surface area contributed by atoms with Gasteiger partial charge in [0.1, 0.15) is 4.88 Å². The van der Waals surface area contributed by atoms with Gasteiger partial charge in [-0.05, 0) is 24.1 Å². The molecule has 0 saturated heterocycles. The maximum atomic E-state index is 13.5. The topological polar surface area (TPSA) is 38.9 Å². The van der Waals surface area contributed by atoms with E-state index in [2.05, 4.69) is 10.1 Å². The first-order valence-corrected chi connectivity index (χ1v) is 8.91. The number of halogens is 3. The van der Waals surface area contributed by atoms with Crippen molar-refractivity contribution in [3.63, 3.8) is 0 Å². The van der Waals surface area contributed by atoms with Crippen LogP contribution < -0.4 is 0 Å². The van der Waals surface area contributed by atoms with Gasteiger partial charge in [-0.3, -0.25) is 0 Å². The molecule has 0 spiro atoms. The van der Waals surface area contributed by atoms with Crippen LogP contribution in [0.5, 0.6) is 0 Å². The molecule has 0 fully saturated rings. The van der Waals surface area contributed by atoms with E-state index in [9.17, 15) is 13.2 Å². The molecule has 136 valence electrons. The molecule has 0 amide bonds. The molecule has 4 rings (SSSR count). The Hall–Kier alpha value is -2.93. The molecule has 27 heavy (non-hydrogen) atoms. The number of thiophene rings is 1. The molecule has 4 aromatic rings. The molecule has 0 aliphatic carbocycles. The SMILES string of the molecule is Cc1ccccc1-c1noc(-c2cc(-c3ccccc3)c(C(F)(F)F)s2)n1. The predicted octanol–water partition coefficient (Wildman–Crippen LogP) is 6.46. The van der Waals surface area contributed by atoms with Gasteiger partial charge in [-0.15, -0.1) is 11.3 Å². The Morgan fingerprint density at radius 3 is 2.33 bits per heavy atom. The first kappa shape index (κ1) is 17.5. The summed E-state index contributed by atoms with van der Waals surface area (Å²) in [5, 5.41) is 3.94. The van der Waals surface area contributed by atoms with Crippen molar-refractivity contribution in [1.82, 2.24) is 10.1 Å². The highest BCUT2D eigenvalue weighted by molar-refractivity contribution is 7.16. The van der Waals surface area contributed by atoms with Gasteiger partial charge in [0.15, 0.2) is 0 Å². The third-order valence-electron chi connectivity index (χ3n) is 4.10. The van der Waals surface area contributed by atoms with Crippen LogP contribution in [0.2, 0.25) is 0 Å². The molecule has 0 unspecified atom stereocenters. The molecule has 0 radical (unpaired) electrons. The summed E-state index contributed by atoms with van der Waals surface area (Å²) in [6.07, 6.45) is -4.47. The summed E-state index contributed by atoms with van der Waals surface area (Å²) < 4.78 is 45.8. The van der Waals surface area contributed by atoms with Crippen molar-refractivity contribution in [1.29, 1.82) is 0 Å². The molecule has 0 bridgehead atoms. The fourth-order valence-corrected chi connectivity index (χ4v) is 3.77. The van der Waals surface area contributed by atoms with Crippen molar-refractivity contribution in [2.75, 3.05) is 0 Å².